The fourth-order valence-corrected chi connectivity index (χ4v) is 5.63. The molecule has 4 aromatic heterocycles. The van der Waals surface area contributed by atoms with E-state index in [4.69, 9.17) is 26.1 Å². The molecule has 0 fully saturated rings. The minimum atomic E-state index is 0.636. The van der Waals surface area contributed by atoms with Gasteiger partial charge in [0, 0.05) is 26.5 Å². The Bertz CT molecular complexity index is 1930. The van der Waals surface area contributed by atoms with Crippen molar-refractivity contribution >= 4 is 54.7 Å². The third-order valence-corrected chi connectivity index (χ3v) is 7.83. The van der Waals surface area contributed by atoms with E-state index < -0.39 is 0 Å². The number of fused-ring (bicyclic) bond motifs is 2. The summed E-state index contributed by atoms with van der Waals surface area (Å²) < 4.78 is 9.01. The summed E-state index contributed by atoms with van der Waals surface area (Å²) in [6.45, 7) is 0. The SMILES string of the molecule is Clc1ccccc1-c1ccc(-c2cc(-c3nn4c(-c5ccc(Br)cc5)nnc4s3)c3ccccc3n2)o1. The highest BCUT2D eigenvalue weighted by Gasteiger charge is 2.19. The summed E-state index contributed by atoms with van der Waals surface area (Å²) in [5.41, 5.74) is 4.30. The summed E-state index contributed by atoms with van der Waals surface area (Å²) in [6.07, 6.45) is 0. The molecule has 0 amide bonds. The molecule has 7 rings (SSSR count). The number of rotatable bonds is 4. The van der Waals surface area contributed by atoms with Crippen LogP contribution in [0.25, 0.3) is 60.6 Å². The van der Waals surface area contributed by atoms with Gasteiger partial charge >= 0.3 is 0 Å². The molecular weight excluding hydrogens is 570 g/mol. The van der Waals surface area contributed by atoms with Crippen LogP contribution in [0.4, 0.5) is 0 Å². The van der Waals surface area contributed by atoms with E-state index >= 15 is 0 Å². The Labute approximate surface area is 228 Å². The van der Waals surface area contributed by atoms with Crippen molar-refractivity contribution < 1.29 is 4.42 Å². The van der Waals surface area contributed by atoms with Gasteiger partial charge in [0.25, 0.3) is 0 Å². The van der Waals surface area contributed by atoms with E-state index in [1.165, 1.54) is 11.3 Å². The summed E-state index contributed by atoms with van der Waals surface area (Å²) >= 11 is 11.4. The maximum absolute atomic E-state index is 6.39. The lowest BCUT2D eigenvalue weighted by atomic mass is 10.1. The predicted molar refractivity (Wildman–Crippen MR) is 151 cm³/mol. The van der Waals surface area contributed by atoms with Crippen LogP contribution in [-0.4, -0.2) is 24.8 Å². The Balaban J connectivity index is 1.37. The van der Waals surface area contributed by atoms with Gasteiger partial charge in [0.2, 0.25) is 4.96 Å². The third kappa shape index (κ3) is 3.94. The molecule has 0 N–H and O–H groups in total. The molecule has 0 saturated heterocycles. The van der Waals surface area contributed by atoms with Crippen LogP contribution in [0.2, 0.25) is 5.02 Å². The maximum atomic E-state index is 6.39. The smallest absolute Gasteiger partial charge is 0.235 e. The first-order valence-corrected chi connectivity index (χ1v) is 13.4. The van der Waals surface area contributed by atoms with Gasteiger partial charge in [0.1, 0.15) is 16.5 Å². The van der Waals surface area contributed by atoms with Gasteiger partial charge in [-0.15, -0.1) is 10.2 Å². The van der Waals surface area contributed by atoms with E-state index in [0.717, 1.165) is 42.0 Å². The van der Waals surface area contributed by atoms with Crippen LogP contribution in [0.5, 0.6) is 0 Å². The standard InChI is InChI=1S/C28H15BrClN5OS/c29-17-11-9-16(10-12-17)26-32-33-28-35(26)34-27(37-28)20-15-23(31-22-8-4-2-5-18(20)22)25-14-13-24(36-25)19-6-1-3-7-21(19)30/h1-15H. The van der Waals surface area contributed by atoms with Crippen molar-refractivity contribution in [1.82, 2.24) is 24.8 Å². The number of halogens is 2. The van der Waals surface area contributed by atoms with E-state index in [2.05, 4.69) is 32.2 Å². The first-order valence-electron chi connectivity index (χ1n) is 11.4. The lowest BCUT2D eigenvalue weighted by Gasteiger charge is -2.06. The van der Waals surface area contributed by atoms with Crippen molar-refractivity contribution in [3.8, 4) is 44.7 Å². The van der Waals surface area contributed by atoms with Gasteiger partial charge in [0.05, 0.1) is 10.5 Å². The van der Waals surface area contributed by atoms with Crippen LogP contribution in [0.15, 0.2) is 99.9 Å². The zero-order valence-electron chi connectivity index (χ0n) is 19.0. The number of furan rings is 1. The molecule has 37 heavy (non-hydrogen) atoms. The monoisotopic (exact) mass is 583 g/mol. The fraction of sp³-hybridized carbons (Fsp3) is 0. The van der Waals surface area contributed by atoms with Crippen molar-refractivity contribution in [2.45, 2.75) is 0 Å². The van der Waals surface area contributed by atoms with Gasteiger partial charge in [-0.2, -0.15) is 9.61 Å². The second-order valence-corrected chi connectivity index (χ2v) is 10.6. The van der Waals surface area contributed by atoms with E-state index in [1.807, 2.05) is 84.9 Å². The van der Waals surface area contributed by atoms with E-state index in [-0.39, 0.29) is 0 Å². The van der Waals surface area contributed by atoms with Gasteiger partial charge in [0.15, 0.2) is 11.6 Å². The third-order valence-electron chi connectivity index (χ3n) is 6.04. The predicted octanol–water partition coefficient (Wildman–Crippen LogP) is 8.41. The van der Waals surface area contributed by atoms with Gasteiger partial charge in [-0.1, -0.05) is 81.3 Å². The highest BCUT2D eigenvalue weighted by Crippen LogP contribution is 2.37. The topological polar surface area (TPSA) is 69.1 Å². The lowest BCUT2D eigenvalue weighted by molar-refractivity contribution is 0.595. The van der Waals surface area contributed by atoms with Crippen LogP contribution in [0.1, 0.15) is 0 Å². The van der Waals surface area contributed by atoms with Crippen molar-refractivity contribution in [1.29, 1.82) is 0 Å². The molecule has 0 radical (unpaired) electrons. The summed E-state index contributed by atoms with van der Waals surface area (Å²) in [5, 5.41) is 16.1. The normalized spacial score (nSPS) is 11.5. The van der Waals surface area contributed by atoms with E-state index in [0.29, 0.717) is 28.1 Å². The molecule has 3 aromatic carbocycles. The second-order valence-electron chi connectivity index (χ2n) is 8.35. The summed E-state index contributed by atoms with van der Waals surface area (Å²) in [6, 6.07) is 29.4. The van der Waals surface area contributed by atoms with Crippen LogP contribution in [-0.2, 0) is 0 Å². The molecule has 6 nitrogen and oxygen atoms in total. The Kier molecular flexibility index (Phi) is 5.39. The molecule has 0 unspecified atom stereocenters. The van der Waals surface area contributed by atoms with Gasteiger partial charge in [-0.3, -0.25) is 0 Å². The molecular formula is C28H15BrClN5OS. The minimum absolute atomic E-state index is 0.636. The molecule has 7 aromatic rings. The average molecular weight is 585 g/mol. The molecule has 0 bridgehead atoms. The number of nitrogens with zero attached hydrogens (tertiary/aromatic N) is 5. The van der Waals surface area contributed by atoms with Crippen LogP contribution in [0, 0.1) is 0 Å². The van der Waals surface area contributed by atoms with Crippen LogP contribution in [0.3, 0.4) is 0 Å². The van der Waals surface area contributed by atoms with Gasteiger partial charge < -0.3 is 4.42 Å². The minimum Gasteiger partial charge on any atom is -0.454 e. The Morgan fingerprint density at radius 3 is 2.46 bits per heavy atom. The Morgan fingerprint density at radius 1 is 0.811 bits per heavy atom. The fourth-order valence-electron chi connectivity index (χ4n) is 4.26. The van der Waals surface area contributed by atoms with Crippen molar-refractivity contribution in [3.05, 3.63) is 100 Å². The molecule has 0 spiro atoms. The zero-order valence-corrected chi connectivity index (χ0v) is 22.1. The maximum Gasteiger partial charge on any atom is 0.235 e. The van der Waals surface area contributed by atoms with Crippen molar-refractivity contribution in [2.24, 2.45) is 0 Å². The lowest BCUT2D eigenvalue weighted by Crippen LogP contribution is -1.92. The number of benzene rings is 3. The first-order chi connectivity index (χ1) is 18.1. The molecule has 178 valence electrons. The quantitative estimate of drug-likeness (QED) is 0.208. The summed E-state index contributed by atoms with van der Waals surface area (Å²) in [7, 11) is 0. The molecule has 0 aliphatic rings. The number of hydrogen-bond acceptors (Lipinski definition) is 6. The van der Waals surface area contributed by atoms with Crippen LogP contribution >= 0.6 is 38.9 Å². The van der Waals surface area contributed by atoms with E-state index in [1.54, 1.807) is 4.52 Å². The Morgan fingerprint density at radius 2 is 1.59 bits per heavy atom. The number of hydrogen-bond donors (Lipinski definition) is 0. The second kappa shape index (κ2) is 8.92. The summed E-state index contributed by atoms with van der Waals surface area (Å²) in [4.78, 5) is 5.60. The molecule has 9 heteroatoms. The van der Waals surface area contributed by atoms with Crippen LogP contribution < -0.4 is 0 Å². The molecule has 0 saturated carbocycles. The molecule has 0 aliphatic carbocycles. The summed E-state index contributed by atoms with van der Waals surface area (Å²) in [5.74, 6) is 2.04. The largest absolute Gasteiger partial charge is 0.454 e. The van der Waals surface area contributed by atoms with Gasteiger partial charge in [-0.25, -0.2) is 4.98 Å². The Hall–Kier alpha value is -3.85. The average Bonchev–Trinajstić information content (AvgIpc) is 3.66. The number of para-hydroxylation sites is 1. The first kappa shape index (κ1) is 22.4. The van der Waals surface area contributed by atoms with E-state index in [9.17, 15) is 0 Å². The zero-order chi connectivity index (χ0) is 24.9. The number of pyridine rings is 1. The molecule has 0 atom stereocenters. The molecule has 0 aliphatic heterocycles. The van der Waals surface area contributed by atoms with Gasteiger partial charge in [-0.05, 0) is 48.5 Å². The highest BCUT2D eigenvalue weighted by molar-refractivity contribution is 9.10. The highest BCUT2D eigenvalue weighted by atomic mass is 79.9. The van der Waals surface area contributed by atoms with Crippen molar-refractivity contribution in [3.63, 3.8) is 0 Å². The van der Waals surface area contributed by atoms with Crippen molar-refractivity contribution in [2.75, 3.05) is 0 Å². The number of aromatic nitrogens is 5. The molecule has 4 heterocycles.